The summed E-state index contributed by atoms with van der Waals surface area (Å²) >= 11 is 5.56. The van der Waals surface area contributed by atoms with Crippen LogP contribution in [0.2, 0.25) is 5.02 Å². The molecule has 0 amide bonds. The van der Waals surface area contributed by atoms with Crippen LogP contribution in [0.1, 0.15) is 56.5 Å². The number of aromatic hydroxyl groups is 2. The molecule has 3 N–H and O–H groups in total. The van der Waals surface area contributed by atoms with Gasteiger partial charge in [0.2, 0.25) is 0 Å². The Kier molecular flexibility index (Phi) is 10.6. The van der Waals surface area contributed by atoms with E-state index < -0.39 is 0 Å². The Labute approximate surface area is 183 Å². The number of ketones is 1. The van der Waals surface area contributed by atoms with Gasteiger partial charge >= 0.3 is 0 Å². The Morgan fingerprint density at radius 3 is 2.03 bits per heavy atom. The number of benzene rings is 3. The van der Waals surface area contributed by atoms with Crippen LogP contribution < -0.4 is 0 Å². The average molecular weight is 428 g/mol. The van der Waals surface area contributed by atoms with Crippen molar-refractivity contribution in [3.8, 4) is 11.5 Å². The number of hydrogen-bond acceptors (Lipinski definition) is 4. The second kappa shape index (κ2) is 12.7. The Bertz CT molecular complexity index is 981. The van der Waals surface area contributed by atoms with Crippen molar-refractivity contribution in [3.05, 3.63) is 70.7 Å². The van der Waals surface area contributed by atoms with Gasteiger partial charge in [0.15, 0.2) is 5.78 Å². The quantitative estimate of drug-likeness (QED) is 0.303. The lowest BCUT2D eigenvalue weighted by molar-refractivity contribution is 0.101. The van der Waals surface area contributed by atoms with Gasteiger partial charge in [-0.15, -0.1) is 0 Å². The Morgan fingerprint density at radius 2 is 1.57 bits per heavy atom. The van der Waals surface area contributed by atoms with Gasteiger partial charge in [-0.2, -0.15) is 0 Å². The number of carbonyl (C=O) groups is 1. The van der Waals surface area contributed by atoms with Crippen molar-refractivity contribution in [1.29, 1.82) is 5.41 Å². The first-order valence-electron chi connectivity index (χ1n) is 9.95. The molecule has 0 fully saturated rings. The van der Waals surface area contributed by atoms with Crippen molar-refractivity contribution in [2.75, 3.05) is 0 Å². The summed E-state index contributed by atoms with van der Waals surface area (Å²) in [5.74, 6) is 1.13. The minimum atomic E-state index is -0.0631. The number of rotatable bonds is 4. The lowest BCUT2D eigenvalue weighted by Crippen LogP contribution is -1.90. The number of fused-ring (bicyclic) bond motifs is 1. The van der Waals surface area contributed by atoms with Crippen molar-refractivity contribution in [3.63, 3.8) is 0 Å². The molecule has 0 unspecified atom stereocenters. The maximum absolute atomic E-state index is 10.8. The van der Waals surface area contributed by atoms with Crippen LogP contribution in [-0.4, -0.2) is 22.2 Å². The van der Waals surface area contributed by atoms with E-state index in [9.17, 15) is 9.90 Å². The lowest BCUT2D eigenvalue weighted by atomic mass is 10.0. The summed E-state index contributed by atoms with van der Waals surface area (Å²) in [6.07, 6.45) is 3.95. The predicted molar refractivity (Wildman–Crippen MR) is 126 cm³/mol. The van der Waals surface area contributed by atoms with Crippen LogP contribution in [0.3, 0.4) is 0 Å². The van der Waals surface area contributed by atoms with Gasteiger partial charge in [-0.1, -0.05) is 69.5 Å². The summed E-state index contributed by atoms with van der Waals surface area (Å²) in [6.45, 7) is 8.19. The lowest BCUT2D eigenvalue weighted by Gasteiger charge is -2.02. The van der Waals surface area contributed by atoms with Gasteiger partial charge in [-0.05, 0) is 48.6 Å². The molecule has 3 rings (SSSR count). The van der Waals surface area contributed by atoms with Gasteiger partial charge in [0.1, 0.15) is 11.5 Å². The second-order valence-corrected chi connectivity index (χ2v) is 7.42. The molecule has 0 radical (unpaired) electrons. The Morgan fingerprint density at radius 1 is 1.00 bits per heavy atom. The first-order valence-corrected chi connectivity index (χ1v) is 10.3. The van der Waals surface area contributed by atoms with Crippen LogP contribution in [0.4, 0.5) is 0 Å². The van der Waals surface area contributed by atoms with E-state index in [1.54, 1.807) is 12.1 Å². The van der Waals surface area contributed by atoms with Crippen molar-refractivity contribution >= 4 is 34.4 Å². The van der Waals surface area contributed by atoms with Gasteiger partial charge in [-0.3, -0.25) is 4.79 Å². The van der Waals surface area contributed by atoms with Gasteiger partial charge in [0.25, 0.3) is 0 Å². The van der Waals surface area contributed by atoms with E-state index >= 15 is 0 Å². The number of hydrogen-bond donors (Lipinski definition) is 3. The van der Waals surface area contributed by atoms with Gasteiger partial charge < -0.3 is 15.6 Å². The van der Waals surface area contributed by atoms with Gasteiger partial charge in [0.05, 0.1) is 5.02 Å². The average Bonchev–Trinajstić information content (AvgIpc) is 2.76. The molecular formula is C25H30ClNO3. The molecule has 0 saturated carbocycles. The number of phenols is 2. The zero-order valence-electron chi connectivity index (χ0n) is 17.9. The highest BCUT2D eigenvalue weighted by Crippen LogP contribution is 2.26. The predicted octanol–water partition coefficient (Wildman–Crippen LogP) is 7.23. The van der Waals surface area contributed by atoms with E-state index in [1.807, 2.05) is 24.3 Å². The fraction of sp³-hybridized carbons (Fsp3) is 0.280. The molecule has 0 bridgehead atoms. The summed E-state index contributed by atoms with van der Waals surface area (Å²) in [7, 11) is 0. The third-order valence-corrected chi connectivity index (χ3v) is 5.14. The highest BCUT2D eigenvalue weighted by atomic mass is 35.5. The molecule has 5 heteroatoms. The molecule has 3 aromatic carbocycles. The van der Waals surface area contributed by atoms with Crippen molar-refractivity contribution in [2.45, 2.75) is 40.5 Å². The Hall–Kier alpha value is -2.85. The highest BCUT2D eigenvalue weighted by molar-refractivity contribution is 6.32. The highest BCUT2D eigenvalue weighted by Gasteiger charge is 2.03. The number of Topliss-reactive ketones (excluding diaryl/α,β-unsaturated/α-hetero) is 1. The fourth-order valence-corrected chi connectivity index (χ4v) is 2.63. The maximum atomic E-state index is 10.8. The number of carbonyl (C=O) groups excluding carboxylic acids is 1. The number of halogens is 1. The van der Waals surface area contributed by atoms with E-state index in [0.29, 0.717) is 5.56 Å². The van der Waals surface area contributed by atoms with Crippen LogP contribution in [-0.2, 0) is 0 Å². The summed E-state index contributed by atoms with van der Waals surface area (Å²) in [5.41, 5.74) is 1.33. The largest absolute Gasteiger partial charge is 0.507 e. The molecule has 30 heavy (non-hydrogen) atoms. The molecule has 0 saturated heterocycles. The molecule has 0 aliphatic rings. The molecule has 160 valence electrons. The normalized spacial score (nSPS) is 9.93. The minimum Gasteiger partial charge on any atom is -0.507 e. The number of phenolic OH excluding ortho intramolecular Hbond substituents is 2. The molecule has 0 aliphatic carbocycles. The van der Waals surface area contributed by atoms with Crippen LogP contribution in [0, 0.1) is 11.3 Å². The number of nitrogens with one attached hydrogen (secondary N) is 1. The van der Waals surface area contributed by atoms with E-state index in [2.05, 4.69) is 20.8 Å². The standard InChI is InChI=1S/C11H9NO.C8H7ClO2.C6H14/c12-7-8-5-6-11(13)10-4-2-1-3-9(8)10;1-5(10)6-2-3-8(11)7(9)4-6;1-4-6(3)5-2/h1-7,12-13H;2-4,11H,1H3;6H,4-5H2,1-3H3. The van der Waals surface area contributed by atoms with Crippen molar-refractivity contribution in [2.24, 2.45) is 5.92 Å². The fourth-order valence-electron chi connectivity index (χ4n) is 2.45. The van der Waals surface area contributed by atoms with E-state index in [1.165, 1.54) is 44.2 Å². The van der Waals surface area contributed by atoms with Crippen molar-refractivity contribution < 1.29 is 15.0 Å². The Balaban J connectivity index is 0.000000242. The smallest absolute Gasteiger partial charge is 0.159 e. The molecule has 0 atom stereocenters. The summed E-state index contributed by atoms with van der Waals surface area (Å²) in [4.78, 5) is 10.8. The zero-order valence-corrected chi connectivity index (χ0v) is 18.7. The van der Waals surface area contributed by atoms with E-state index in [-0.39, 0.29) is 22.3 Å². The first kappa shape index (κ1) is 25.2. The second-order valence-electron chi connectivity index (χ2n) is 7.01. The SMILES string of the molecule is CC(=O)c1ccc(O)c(Cl)c1.CCC(C)CC.N=Cc1ccc(O)c2ccccc12. The van der Waals surface area contributed by atoms with E-state index in [0.717, 1.165) is 22.3 Å². The molecule has 4 nitrogen and oxygen atoms in total. The van der Waals surface area contributed by atoms with Crippen LogP contribution >= 0.6 is 11.6 Å². The topological polar surface area (TPSA) is 81.4 Å². The third kappa shape index (κ3) is 7.53. The van der Waals surface area contributed by atoms with Gasteiger partial charge in [0, 0.05) is 22.7 Å². The molecule has 0 heterocycles. The molecule has 3 aromatic rings. The summed E-state index contributed by atoms with van der Waals surface area (Å²) in [5, 5.41) is 27.6. The molecule has 0 spiro atoms. The summed E-state index contributed by atoms with van der Waals surface area (Å²) in [6, 6.07) is 15.2. The molecular weight excluding hydrogens is 398 g/mol. The van der Waals surface area contributed by atoms with Gasteiger partial charge in [-0.25, -0.2) is 0 Å². The molecule has 0 aliphatic heterocycles. The van der Waals surface area contributed by atoms with Crippen LogP contribution in [0.15, 0.2) is 54.6 Å². The maximum Gasteiger partial charge on any atom is 0.159 e. The van der Waals surface area contributed by atoms with Crippen LogP contribution in [0.25, 0.3) is 10.8 Å². The van der Waals surface area contributed by atoms with Crippen molar-refractivity contribution in [1.82, 2.24) is 0 Å². The summed E-state index contributed by atoms with van der Waals surface area (Å²) < 4.78 is 0. The third-order valence-electron chi connectivity index (χ3n) is 4.84. The first-order chi connectivity index (χ1) is 14.2. The van der Waals surface area contributed by atoms with Crippen LogP contribution in [0.5, 0.6) is 11.5 Å². The monoisotopic (exact) mass is 427 g/mol. The minimum absolute atomic E-state index is 0.00309. The van der Waals surface area contributed by atoms with E-state index in [4.69, 9.17) is 22.1 Å². The zero-order chi connectivity index (χ0) is 22.7. The molecule has 0 aromatic heterocycles.